The first-order valence-electron chi connectivity index (χ1n) is 10.8. The third-order valence-electron chi connectivity index (χ3n) is 7.23. The lowest BCUT2D eigenvalue weighted by atomic mass is 9.73. The molecule has 3 rings (SSSR count). The number of unbranched alkanes of at least 4 members (excludes halogenated alkanes) is 2. The van der Waals surface area contributed by atoms with E-state index in [0.717, 1.165) is 35.3 Å². The van der Waals surface area contributed by atoms with E-state index in [-0.39, 0.29) is 0 Å². The summed E-state index contributed by atoms with van der Waals surface area (Å²) in [6.07, 6.45) is 12.5. The average Bonchev–Trinajstić information content (AvgIpc) is 2.92. The van der Waals surface area contributed by atoms with Crippen LogP contribution >= 0.6 is 0 Å². The molecule has 25 heavy (non-hydrogen) atoms. The Hall–Kier alpha value is -0.980. The molecule has 0 unspecified atom stereocenters. The van der Waals surface area contributed by atoms with Gasteiger partial charge in [0.2, 0.25) is 0 Å². The zero-order chi connectivity index (χ0) is 17.8. The summed E-state index contributed by atoms with van der Waals surface area (Å²) in [6, 6.07) is 6.68. The van der Waals surface area contributed by atoms with E-state index in [1.54, 1.807) is 5.56 Å². The summed E-state index contributed by atoms with van der Waals surface area (Å²) in [4.78, 5) is 0. The van der Waals surface area contributed by atoms with Crippen LogP contribution in [0.5, 0.6) is 5.75 Å². The molecule has 0 N–H and O–H groups in total. The maximum Gasteiger partial charge on any atom is 0.122 e. The van der Waals surface area contributed by atoms with Crippen molar-refractivity contribution in [3.63, 3.8) is 0 Å². The molecule has 2 aliphatic rings. The van der Waals surface area contributed by atoms with Crippen LogP contribution in [0.15, 0.2) is 18.2 Å². The summed E-state index contributed by atoms with van der Waals surface area (Å²) in [5.41, 5.74) is 3.07. The van der Waals surface area contributed by atoms with Gasteiger partial charge in [-0.05, 0) is 72.5 Å². The van der Waals surface area contributed by atoms with Gasteiger partial charge in [-0.2, -0.15) is 0 Å². The number of hydrogen-bond donors (Lipinski definition) is 0. The van der Waals surface area contributed by atoms with Crippen LogP contribution < -0.4 is 4.74 Å². The molecule has 0 bridgehead atoms. The Kier molecular flexibility index (Phi) is 6.47. The van der Waals surface area contributed by atoms with Crippen molar-refractivity contribution in [3.05, 3.63) is 29.3 Å². The maximum atomic E-state index is 5.64. The van der Waals surface area contributed by atoms with E-state index in [2.05, 4.69) is 39.0 Å². The van der Waals surface area contributed by atoms with Crippen LogP contribution in [0.3, 0.4) is 0 Å². The molecule has 1 heteroatoms. The van der Waals surface area contributed by atoms with Crippen LogP contribution in [0, 0.1) is 29.6 Å². The minimum absolute atomic E-state index is 0.888. The number of hydrogen-bond acceptors (Lipinski definition) is 1. The van der Waals surface area contributed by atoms with Crippen molar-refractivity contribution in [1.29, 1.82) is 0 Å². The van der Waals surface area contributed by atoms with Gasteiger partial charge in [-0.25, -0.2) is 0 Å². The van der Waals surface area contributed by atoms with Crippen LogP contribution in [-0.2, 0) is 12.8 Å². The highest BCUT2D eigenvalue weighted by molar-refractivity contribution is 5.42. The third kappa shape index (κ3) is 4.23. The van der Waals surface area contributed by atoms with Crippen molar-refractivity contribution in [1.82, 2.24) is 0 Å². The lowest BCUT2D eigenvalue weighted by Crippen LogP contribution is -2.26. The van der Waals surface area contributed by atoms with Gasteiger partial charge in [-0.3, -0.25) is 0 Å². The topological polar surface area (TPSA) is 9.23 Å². The molecule has 0 aliphatic heterocycles. The molecule has 0 amide bonds. The van der Waals surface area contributed by atoms with Gasteiger partial charge >= 0.3 is 0 Å². The minimum Gasteiger partial charge on any atom is -0.496 e. The van der Waals surface area contributed by atoms with Gasteiger partial charge in [0.15, 0.2) is 0 Å². The molecule has 1 aromatic carbocycles. The second-order valence-electron chi connectivity index (χ2n) is 8.99. The molecule has 1 fully saturated rings. The summed E-state index contributed by atoms with van der Waals surface area (Å²) in [5.74, 6) is 5.68. The van der Waals surface area contributed by atoms with E-state index in [1.807, 2.05) is 7.11 Å². The highest BCUT2D eigenvalue weighted by Crippen LogP contribution is 2.51. The number of rotatable bonds is 8. The summed E-state index contributed by atoms with van der Waals surface area (Å²) >= 11 is 0. The standard InChI is InChI=1S/C24H38O/c1-5-6-7-9-17(2)12-13-21-18(3)14-20-16-23-19(15-22(20)21)10-8-11-24(23)25-4/h8,10-11,17-18,20-22H,5-7,9,12-16H2,1-4H3/t17-,18-,20-,21+,22+/m0/s1. The van der Waals surface area contributed by atoms with Gasteiger partial charge < -0.3 is 4.74 Å². The summed E-state index contributed by atoms with van der Waals surface area (Å²) < 4.78 is 5.64. The molecule has 140 valence electrons. The molecule has 1 nitrogen and oxygen atoms in total. The van der Waals surface area contributed by atoms with E-state index in [4.69, 9.17) is 4.74 Å². The first-order chi connectivity index (χ1) is 12.1. The number of benzene rings is 1. The lowest BCUT2D eigenvalue weighted by Gasteiger charge is -2.33. The predicted octanol–water partition coefficient (Wildman–Crippen LogP) is 6.68. The zero-order valence-electron chi connectivity index (χ0n) is 16.9. The monoisotopic (exact) mass is 342 g/mol. The van der Waals surface area contributed by atoms with Crippen molar-refractivity contribution in [2.24, 2.45) is 29.6 Å². The Morgan fingerprint density at radius 2 is 2.00 bits per heavy atom. The molecule has 0 spiro atoms. The van der Waals surface area contributed by atoms with Crippen molar-refractivity contribution in [2.75, 3.05) is 7.11 Å². The Bertz CT molecular complexity index is 549. The third-order valence-corrected chi connectivity index (χ3v) is 7.23. The van der Waals surface area contributed by atoms with Crippen LogP contribution in [0.2, 0.25) is 0 Å². The number of methoxy groups -OCH3 is 1. The van der Waals surface area contributed by atoms with E-state index in [0.29, 0.717) is 0 Å². The molecule has 0 radical (unpaired) electrons. The number of ether oxygens (including phenoxy) is 1. The average molecular weight is 343 g/mol. The summed E-state index contributed by atoms with van der Waals surface area (Å²) in [6.45, 7) is 7.31. The lowest BCUT2D eigenvalue weighted by molar-refractivity contribution is 0.240. The van der Waals surface area contributed by atoms with Crippen molar-refractivity contribution < 1.29 is 4.74 Å². The molecular weight excluding hydrogens is 304 g/mol. The largest absolute Gasteiger partial charge is 0.496 e. The number of fused-ring (bicyclic) bond motifs is 2. The van der Waals surface area contributed by atoms with E-state index in [9.17, 15) is 0 Å². The fourth-order valence-corrected chi connectivity index (χ4v) is 5.76. The Labute approximate surface area is 155 Å². The molecule has 0 heterocycles. The normalized spacial score (nSPS) is 29.1. The first kappa shape index (κ1) is 18.8. The van der Waals surface area contributed by atoms with Crippen LogP contribution in [-0.4, -0.2) is 7.11 Å². The van der Waals surface area contributed by atoms with E-state index in [1.165, 1.54) is 63.4 Å². The van der Waals surface area contributed by atoms with Gasteiger partial charge in [-0.15, -0.1) is 0 Å². The van der Waals surface area contributed by atoms with E-state index < -0.39 is 0 Å². The molecule has 5 atom stereocenters. The minimum atomic E-state index is 0.888. The molecule has 2 aliphatic carbocycles. The molecule has 1 aromatic rings. The SMILES string of the molecule is CCCCC[C@H](C)CC[C@H]1[C@@H]2Cc3cccc(OC)c3C[C@@H]2C[C@@H]1C. The molecule has 0 saturated heterocycles. The highest BCUT2D eigenvalue weighted by atomic mass is 16.5. The highest BCUT2D eigenvalue weighted by Gasteiger charge is 2.43. The molecule has 0 aromatic heterocycles. The van der Waals surface area contributed by atoms with Crippen LogP contribution in [0.25, 0.3) is 0 Å². The van der Waals surface area contributed by atoms with Gasteiger partial charge in [0.1, 0.15) is 5.75 Å². The van der Waals surface area contributed by atoms with Crippen molar-refractivity contribution >= 4 is 0 Å². The van der Waals surface area contributed by atoms with Gasteiger partial charge in [0, 0.05) is 0 Å². The van der Waals surface area contributed by atoms with Gasteiger partial charge in [0.25, 0.3) is 0 Å². The Balaban J connectivity index is 1.61. The first-order valence-corrected chi connectivity index (χ1v) is 10.8. The quantitative estimate of drug-likeness (QED) is 0.479. The molecular formula is C24H38O. The zero-order valence-corrected chi connectivity index (χ0v) is 16.9. The maximum absolute atomic E-state index is 5.64. The second kappa shape index (κ2) is 8.60. The summed E-state index contributed by atoms with van der Waals surface area (Å²) in [7, 11) is 1.82. The summed E-state index contributed by atoms with van der Waals surface area (Å²) in [5, 5.41) is 0. The van der Waals surface area contributed by atoms with Crippen LogP contribution in [0.1, 0.15) is 76.8 Å². The van der Waals surface area contributed by atoms with Crippen molar-refractivity contribution in [2.45, 2.75) is 78.6 Å². The van der Waals surface area contributed by atoms with Crippen LogP contribution in [0.4, 0.5) is 0 Å². The predicted molar refractivity (Wildman–Crippen MR) is 107 cm³/mol. The second-order valence-corrected chi connectivity index (χ2v) is 8.99. The van der Waals surface area contributed by atoms with Crippen molar-refractivity contribution in [3.8, 4) is 5.75 Å². The van der Waals surface area contributed by atoms with Gasteiger partial charge in [-0.1, -0.05) is 65.0 Å². The van der Waals surface area contributed by atoms with E-state index >= 15 is 0 Å². The Morgan fingerprint density at radius 1 is 1.16 bits per heavy atom. The van der Waals surface area contributed by atoms with Gasteiger partial charge in [0.05, 0.1) is 7.11 Å². The fraction of sp³-hybridized carbons (Fsp3) is 0.750. The fourth-order valence-electron chi connectivity index (χ4n) is 5.76. The smallest absolute Gasteiger partial charge is 0.122 e. The molecule has 1 saturated carbocycles. The Morgan fingerprint density at radius 3 is 2.76 bits per heavy atom.